The van der Waals surface area contributed by atoms with E-state index in [-0.39, 0.29) is 6.54 Å². The molecule has 0 aromatic heterocycles. The first kappa shape index (κ1) is 15.1. The molecule has 0 bridgehead atoms. The van der Waals surface area contributed by atoms with Gasteiger partial charge < -0.3 is 5.32 Å². The maximum absolute atomic E-state index is 13.4. The third-order valence-electron chi connectivity index (χ3n) is 3.05. The summed E-state index contributed by atoms with van der Waals surface area (Å²) in [6.45, 7) is 1.61. The third-order valence-corrected chi connectivity index (χ3v) is 4.77. The molecule has 20 heavy (non-hydrogen) atoms. The first-order valence-corrected chi connectivity index (χ1v) is 7.74. The monoisotopic (exact) mass is 308 g/mol. The van der Waals surface area contributed by atoms with Crippen molar-refractivity contribution in [1.29, 1.82) is 0 Å². The van der Waals surface area contributed by atoms with Crippen molar-refractivity contribution in [1.82, 2.24) is 5.32 Å². The van der Waals surface area contributed by atoms with E-state index >= 15 is 0 Å². The summed E-state index contributed by atoms with van der Waals surface area (Å²) >= 11 is 0. The lowest BCUT2D eigenvalue weighted by atomic mass is 10.3. The van der Waals surface area contributed by atoms with Gasteiger partial charge in [0.25, 0.3) is 0 Å². The van der Waals surface area contributed by atoms with Crippen molar-refractivity contribution < 1.29 is 21.6 Å². The predicted molar refractivity (Wildman–Crippen MR) is 69.3 cm³/mol. The van der Waals surface area contributed by atoms with Gasteiger partial charge in [0.05, 0.1) is 5.25 Å². The molecule has 2 rings (SSSR count). The van der Waals surface area contributed by atoms with Crippen molar-refractivity contribution in [3.05, 3.63) is 29.6 Å². The Morgan fingerprint density at radius 1 is 1.25 bits per heavy atom. The Bertz CT molecular complexity index is 580. The lowest BCUT2D eigenvalue weighted by Crippen LogP contribution is -2.36. The van der Waals surface area contributed by atoms with Gasteiger partial charge in [0, 0.05) is 24.7 Å². The Morgan fingerprint density at radius 3 is 2.30 bits per heavy atom. The fourth-order valence-electron chi connectivity index (χ4n) is 1.61. The standard InChI is InChI=1S/C12H15F3N2O2S/c1-7(6-16-9-2-3-9)20(18,19)17-12-10(14)4-8(13)5-11(12)15/h4-5,7,9,16-17H,2-3,6H2,1H3. The van der Waals surface area contributed by atoms with E-state index in [0.717, 1.165) is 12.8 Å². The molecule has 1 atom stereocenters. The molecule has 112 valence electrons. The summed E-state index contributed by atoms with van der Waals surface area (Å²) in [4.78, 5) is 0. The molecule has 0 aliphatic heterocycles. The van der Waals surface area contributed by atoms with Crippen LogP contribution in [0.25, 0.3) is 0 Å². The Labute approximate surface area is 115 Å². The molecular formula is C12H15F3N2O2S. The summed E-state index contributed by atoms with van der Waals surface area (Å²) in [6.07, 6.45) is 2.00. The fourth-order valence-corrected chi connectivity index (χ4v) is 2.61. The van der Waals surface area contributed by atoms with Gasteiger partial charge in [-0.2, -0.15) is 0 Å². The number of rotatable bonds is 6. The van der Waals surface area contributed by atoms with Gasteiger partial charge in [-0.1, -0.05) is 0 Å². The first-order chi connectivity index (χ1) is 9.29. The molecule has 4 nitrogen and oxygen atoms in total. The molecule has 0 amide bonds. The fraction of sp³-hybridized carbons (Fsp3) is 0.500. The van der Waals surface area contributed by atoms with Gasteiger partial charge in [-0.15, -0.1) is 0 Å². The minimum atomic E-state index is -3.95. The molecule has 1 aromatic rings. The molecule has 1 aliphatic carbocycles. The lowest BCUT2D eigenvalue weighted by molar-refractivity contribution is 0.545. The van der Waals surface area contributed by atoms with Crippen LogP contribution in [0.2, 0.25) is 0 Å². The van der Waals surface area contributed by atoms with Crippen molar-refractivity contribution in [2.24, 2.45) is 0 Å². The largest absolute Gasteiger partial charge is 0.313 e. The quantitative estimate of drug-likeness (QED) is 0.845. The lowest BCUT2D eigenvalue weighted by Gasteiger charge is -2.16. The molecule has 1 aromatic carbocycles. The highest BCUT2D eigenvalue weighted by atomic mass is 32.2. The van der Waals surface area contributed by atoms with Crippen LogP contribution in [0, 0.1) is 17.5 Å². The van der Waals surface area contributed by atoms with Crippen molar-refractivity contribution >= 4 is 15.7 Å². The maximum atomic E-state index is 13.4. The highest BCUT2D eigenvalue weighted by molar-refractivity contribution is 7.93. The molecule has 1 unspecified atom stereocenters. The number of halogens is 3. The SMILES string of the molecule is CC(CNC1CC1)S(=O)(=O)Nc1c(F)cc(F)cc1F. The van der Waals surface area contributed by atoms with Crippen LogP contribution < -0.4 is 10.0 Å². The molecule has 0 spiro atoms. The first-order valence-electron chi connectivity index (χ1n) is 6.19. The normalized spacial score (nSPS) is 17.0. The van der Waals surface area contributed by atoms with Crippen molar-refractivity contribution in [3.8, 4) is 0 Å². The van der Waals surface area contributed by atoms with E-state index < -0.39 is 38.4 Å². The van der Waals surface area contributed by atoms with Crippen LogP contribution in [0.5, 0.6) is 0 Å². The Balaban J connectivity index is 2.10. The Morgan fingerprint density at radius 2 is 1.80 bits per heavy atom. The number of hydrogen-bond donors (Lipinski definition) is 2. The van der Waals surface area contributed by atoms with Gasteiger partial charge in [0.1, 0.15) is 11.5 Å². The molecule has 1 fully saturated rings. The van der Waals surface area contributed by atoms with Crippen LogP contribution in [0.15, 0.2) is 12.1 Å². The molecule has 2 N–H and O–H groups in total. The number of benzene rings is 1. The van der Waals surface area contributed by atoms with Gasteiger partial charge in [-0.05, 0) is 19.8 Å². The topological polar surface area (TPSA) is 58.2 Å². The van der Waals surface area contributed by atoms with E-state index in [1.807, 2.05) is 4.72 Å². The van der Waals surface area contributed by atoms with E-state index in [4.69, 9.17) is 0 Å². The van der Waals surface area contributed by atoms with Crippen LogP contribution >= 0.6 is 0 Å². The van der Waals surface area contributed by atoms with E-state index in [1.165, 1.54) is 6.92 Å². The van der Waals surface area contributed by atoms with Crippen molar-refractivity contribution in [2.75, 3.05) is 11.3 Å². The second kappa shape index (κ2) is 5.61. The minimum absolute atomic E-state index is 0.185. The summed E-state index contributed by atoms with van der Waals surface area (Å²) in [6, 6.07) is 1.18. The summed E-state index contributed by atoms with van der Waals surface area (Å²) < 4.78 is 65.3. The summed E-state index contributed by atoms with van der Waals surface area (Å²) in [5.41, 5.74) is -0.857. The summed E-state index contributed by atoms with van der Waals surface area (Å²) in [5, 5.41) is 2.15. The van der Waals surface area contributed by atoms with E-state index in [9.17, 15) is 21.6 Å². The van der Waals surface area contributed by atoms with Gasteiger partial charge in [-0.25, -0.2) is 21.6 Å². The second-order valence-electron chi connectivity index (χ2n) is 4.88. The van der Waals surface area contributed by atoms with Gasteiger partial charge >= 0.3 is 0 Å². The van der Waals surface area contributed by atoms with E-state index in [2.05, 4.69) is 5.32 Å². The third kappa shape index (κ3) is 3.63. The average Bonchev–Trinajstić information content (AvgIpc) is 3.14. The highest BCUT2D eigenvalue weighted by Crippen LogP contribution is 2.23. The zero-order valence-corrected chi connectivity index (χ0v) is 11.6. The van der Waals surface area contributed by atoms with Gasteiger partial charge in [-0.3, -0.25) is 4.72 Å². The molecule has 8 heteroatoms. The molecule has 0 radical (unpaired) electrons. The van der Waals surface area contributed by atoms with Crippen LogP contribution in [0.3, 0.4) is 0 Å². The predicted octanol–water partition coefficient (Wildman–Crippen LogP) is 1.99. The van der Waals surface area contributed by atoms with E-state index in [0.29, 0.717) is 18.2 Å². The van der Waals surface area contributed by atoms with E-state index in [1.54, 1.807) is 0 Å². The van der Waals surface area contributed by atoms with Crippen molar-refractivity contribution in [2.45, 2.75) is 31.1 Å². The number of sulfonamides is 1. The number of nitrogens with one attached hydrogen (secondary N) is 2. The number of hydrogen-bond acceptors (Lipinski definition) is 3. The average molecular weight is 308 g/mol. The summed E-state index contributed by atoms with van der Waals surface area (Å²) in [5.74, 6) is -3.67. The number of anilines is 1. The molecule has 1 aliphatic rings. The van der Waals surface area contributed by atoms with Crippen LogP contribution in [0.4, 0.5) is 18.9 Å². The van der Waals surface area contributed by atoms with Crippen LogP contribution in [-0.4, -0.2) is 26.3 Å². The Hall–Kier alpha value is -1.28. The van der Waals surface area contributed by atoms with Crippen molar-refractivity contribution in [3.63, 3.8) is 0 Å². The zero-order chi connectivity index (χ0) is 14.9. The van der Waals surface area contributed by atoms with Gasteiger partial charge in [0.2, 0.25) is 10.0 Å². The zero-order valence-electron chi connectivity index (χ0n) is 10.8. The molecular weight excluding hydrogens is 293 g/mol. The van der Waals surface area contributed by atoms with Gasteiger partial charge in [0.15, 0.2) is 11.6 Å². The molecule has 0 heterocycles. The summed E-state index contributed by atoms with van der Waals surface area (Å²) in [7, 11) is -3.95. The smallest absolute Gasteiger partial charge is 0.236 e. The second-order valence-corrected chi connectivity index (χ2v) is 6.98. The Kier molecular flexibility index (Phi) is 4.24. The molecule has 1 saturated carbocycles. The maximum Gasteiger partial charge on any atom is 0.236 e. The van der Waals surface area contributed by atoms with Crippen LogP contribution in [-0.2, 0) is 10.0 Å². The van der Waals surface area contributed by atoms with Crippen LogP contribution in [0.1, 0.15) is 19.8 Å². The molecule has 0 saturated heterocycles. The highest BCUT2D eigenvalue weighted by Gasteiger charge is 2.27. The minimum Gasteiger partial charge on any atom is -0.313 e.